The number of hydrogen-bond donors (Lipinski definition) is 1. The van der Waals surface area contributed by atoms with Gasteiger partial charge in [0.25, 0.3) is 5.91 Å². The fraction of sp³-hybridized carbons (Fsp3) is 0.636. The Balaban J connectivity index is 1.65. The highest BCUT2D eigenvalue weighted by Crippen LogP contribution is 2.31. The summed E-state index contributed by atoms with van der Waals surface area (Å²) in [5.74, 6) is -1.34. The van der Waals surface area contributed by atoms with E-state index < -0.39 is 17.7 Å². The van der Waals surface area contributed by atoms with Crippen LogP contribution < -0.4 is 10.0 Å². The first kappa shape index (κ1) is 22.6. The summed E-state index contributed by atoms with van der Waals surface area (Å²) in [6.45, 7) is 4.06. The monoisotopic (exact) mass is 426 g/mol. The number of alkyl halides is 3. The molecule has 0 bridgehead atoms. The highest BCUT2D eigenvalue weighted by molar-refractivity contribution is 5.94. The lowest BCUT2D eigenvalue weighted by molar-refractivity contribution is -0.905. The highest BCUT2D eigenvalue weighted by atomic mass is 19.4. The standard InChI is InChI=1S/C22H29F3N2O3/c23-22(24,25)19-6-4-16(5-7-19)21(30)27-13-9-17(14-20(28)29)18(15-27)8-12-26-10-2-1-3-11-26/h4-7,17-18H,1-3,8-15H2,(H,28,29)/t17-,18-/m0/s1. The molecule has 2 heterocycles. The van der Waals surface area contributed by atoms with Crippen molar-refractivity contribution >= 4 is 11.9 Å². The number of benzene rings is 1. The number of piperidine rings is 2. The molecule has 1 aromatic rings. The SMILES string of the molecule is O=C([O-])C[C@@H]1CCN(C(=O)c2ccc(C(F)(F)F)cc2)C[C@@H]1CC[NH+]1CCCCC1. The Morgan fingerprint density at radius 2 is 1.73 bits per heavy atom. The van der Waals surface area contributed by atoms with Crippen LogP contribution in [0.25, 0.3) is 0 Å². The molecule has 0 aromatic heterocycles. The summed E-state index contributed by atoms with van der Waals surface area (Å²) in [7, 11) is 0. The molecule has 2 atom stereocenters. The molecule has 1 aromatic carbocycles. The van der Waals surface area contributed by atoms with Gasteiger partial charge in [-0.05, 0) is 68.2 Å². The van der Waals surface area contributed by atoms with Gasteiger partial charge in [0, 0.05) is 31.0 Å². The quantitative estimate of drug-likeness (QED) is 0.748. The second-order valence-electron chi connectivity index (χ2n) is 8.56. The van der Waals surface area contributed by atoms with Crippen LogP contribution in [-0.4, -0.2) is 49.5 Å². The number of likely N-dealkylation sites (tertiary alicyclic amines) is 2. The number of carboxylic acid groups (broad SMARTS) is 1. The minimum absolute atomic E-state index is 0.0116. The third-order valence-electron chi connectivity index (χ3n) is 6.50. The highest BCUT2D eigenvalue weighted by Gasteiger charge is 2.34. The summed E-state index contributed by atoms with van der Waals surface area (Å²) in [4.78, 5) is 27.2. The number of quaternary nitrogens is 1. The maximum atomic E-state index is 12.9. The normalized spacial score (nSPS) is 23.4. The molecule has 2 fully saturated rings. The third kappa shape index (κ3) is 5.97. The van der Waals surface area contributed by atoms with E-state index in [1.54, 1.807) is 4.90 Å². The van der Waals surface area contributed by atoms with Gasteiger partial charge >= 0.3 is 6.18 Å². The number of aliphatic carboxylic acids is 1. The predicted octanol–water partition coefficient (Wildman–Crippen LogP) is 1.38. The van der Waals surface area contributed by atoms with Crippen LogP contribution in [0.2, 0.25) is 0 Å². The van der Waals surface area contributed by atoms with Gasteiger partial charge in [0.1, 0.15) is 0 Å². The largest absolute Gasteiger partial charge is 0.550 e. The summed E-state index contributed by atoms with van der Waals surface area (Å²) in [6, 6.07) is 4.27. The third-order valence-corrected chi connectivity index (χ3v) is 6.50. The Labute approximate surface area is 174 Å². The molecule has 1 amide bonds. The number of carbonyl (C=O) groups is 2. The fourth-order valence-corrected chi connectivity index (χ4v) is 4.75. The van der Waals surface area contributed by atoms with Gasteiger partial charge in [-0.15, -0.1) is 0 Å². The molecule has 0 aliphatic carbocycles. The van der Waals surface area contributed by atoms with Crippen LogP contribution in [0.15, 0.2) is 24.3 Å². The number of amides is 1. The van der Waals surface area contributed by atoms with Gasteiger partial charge < -0.3 is 19.7 Å². The van der Waals surface area contributed by atoms with Crippen LogP contribution in [-0.2, 0) is 11.0 Å². The van der Waals surface area contributed by atoms with Gasteiger partial charge in [0.05, 0.1) is 25.2 Å². The van der Waals surface area contributed by atoms with E-state index in [0.29, 0.717) is 19.5 Å². The number of nitrogens with zero attached hydrogens (tertiary/aromatic N) is 1. The van der Waals surface area contributed by atoms with Crippen molar-refractivity contribution in [3.63, 3.8) is 0 Å². The van der Waals surface area contributed by atoms with Gasteiger partial charge in [-0.3, -0.25) is 4.79 Å². The molecule has 0 spiro atoms. The molecule has 8 heteroatoms. The average Bonchev–Trinajstić information content (AvgIpc) is 2.72. The Bertz CT molecular complexity index is 730. The number of carbonyl (C=O) groups excluding carboxylic acids is 2. The van der Waals surface area contributed by atoms with Crippen molar-refractivity contribution in [2.75, 3.05) is 32.7 Å². The van der Waals surface area contributed by atoms with E-state index in [9.17, 15) is 27.9 Å². The first-order valence-electron chi connectivity index (χ1n) is 10.7. The van der Waals surface area contributed by atoms with Gasteiger partial charge in [0.15, 0.2) is 0 Å². The first-order chi connectivity index (χ1) is 14.2. The van der Waals surface area contributed by atoms with Gasteiger partial charge in [-0.25, -0.2) is 0 Å². The zero-order valence-corrected chi connectivity index (χ0v) is 17.0. The van der Waals surface area contributed by atoms with Crippen LogP contribution >= 0.6 is 0 Å². The van der Waals surface area contributed by atoms with E-state index >= 15 is 0 Å². The number of nitrogens with one attached hydrogen (secondary N) is 1. The summed E-state index contributed by atoms with van der Waals surface area (Å²) < 4.78 is 38.3. The molecular weight excluding hydrogens is 397 g/mol. The molecule has 0 radical (unpaired) electrons. The van der Waals surface area contributed by atoms with Crippen molar-refractivity contribution in [2.24, 2.45) is 11.8 Å². The van der Waals surface area contributed by atoms with Crippen LogP contribution in [0, 0.1) is 11.8 Å². The van der Waals surface area contributed by atoms with Crippen LogP contribution in [0.3, 0.4) is 0 Å². The summed E-state index contributed by atoms with van der Waals surface area (Å²) in [6.07, 6.45) is 0.636. The van der Waals surface area contributed by atoms with Gasteiger partial charge in [-0.1, -0.05) is 0 Å². The molecule has 5 nitrogen and oxygen atoms in total. The summed E-state index contributed by atoms with van der Waals surface area (Å²) in [5.41, 5.74) is -0.559. The minimum Gasteiger partial charge on any atom is -0.550 e. The van der Waals surface area contributed by atoms with Crippen molar-refractivity contribution in [1.29, 1.82) is 0 Å². The van der Waals surface area contributed by atoms with E-state index in [0.717, 1.165) is 38.2 Å². The molecule has 2 saturated heterocycles. The maximum Gasteiger partial charge on any atom is 0.416 e. The van der Waals surface area contributed by atoms with Gasteiger partial charge in [-0.2, -0.15) is 13.2 Å². The molecule has 1 N–H and O–H groups in total. The van der Waals surface area contributed by atoms with Gasteiger partial charge in [0.2, 0.25) is 0 Å². The smallest absolute Gasteiger partial charge is 0.416 e. The lowest BCUT2D eigenvalue weighted by Crippen LogP contribution is -3.12. The Kier molecular flexibility index (Phi) is 7.39. The van der Waals surface area contributed by atoms with E-state index in [4.69, 9.17) is 0 Å². The number of carboxylic acids is 1. The van der Waals surface area contributed by atoms with Crippen molar-refractivity contribution < 1.29 is 32.8 Å². The zero-order valence-electron chi connectivity index (χ0n) is 17.0. The fourth-order valence-electron chi connectivity index (χ4n) is 4.75. The Morgan fingerprint density at radius 1 is 1.07 bits per heavy atom. The molecule has 0 saturated carbocycles. The molecular formula is C22H29F3N2O3. The van der Waals surface area contributed by atoms with Crippen molar-refractivity contribution in [3.8, 4) is 0 Å². The predicted molar refractivity (Wildman–Crippen MR) is 103 cm³/mol. The van der Waals surface area contributed by atoms with E-state index in [2.05, 4.69) is 0 Å². The molecule has 2 aliphatic heterocycles. The maximum absolute atomic E-state index is 12.9. The first-order valence-corrected chi connectivity index (χ1v) is 10.7. The summed E-state index contributed by atoms with van der Waals surface area (Å²) >= 11 is 0. The second kappa shape index (κ2) is 9.81. The van der Waals surface area contributed by atoms with E-state index in [-0.39, 0.29) is 29.7 Å². The molecule has 3 rings (SSSR count). The lowest BCUT2D eigenvalue weighted by atomic mass is 9.80. The molecule has 0 unspecified atom stereocenters. The second-order valence-corrected chi connectivity index (χ2v) is 8.56. The average molecular weight is 426 g/mol. The van der Waals surface area contributed by atoms with E-state index in [1.165, 1.54) is 36.3 Å². The van der Waals surface area contributed by atoms with Crippen LogP contribution in [0.4, 0.5) is 13.2 Å². The lowest BCUT2D eigenvalue weighted by Gasteiger charge is -2.39. The zero-order chi connectivity index (χ0) is 21.7. The number of rotatable bonds is 6. The molecule has 30 heavy (non-hydrogen) atoms. The van der Waals surface area contributed by atoms with Crippen molar-refractivity contribution in [2.45, 2.75) is 44.7 Å². The molecule has 166 valence electrons. The summed E-state index contributed by atoms with van der Waals surface area (Å²) in [5, 5.41) is 11.2. The van der Waals surface area contributed by atoms with Crippen LogP contribution in [0.1, 0.15) is 54.4 Å². The van der Waals surface area contributed by atoms with E-state index in [1.807, 2.05) is 0 Å². The molecule has 2 aliphatic rings. The Hall–Kier alpha value is -2.09. The Morgan fingerprint density at radius 3 is 2.33 bits per heavy atom. The van der Waals surface area contributed by atoms with Crippen LogP contribution in [0.5, 0.6) is 0 Å². The van der Waals surface area contributed by atoms with Crippen molar-refractivity contribution in [3.05, 3.63) is 35.4 Å². The van der Waals surface area contributed by atoms with Crippen molar-refractivity contribution in [1.82, 2.24) is 4.90 Å². The number of hydrogen-bond acceptors (Lipinski definition) is 3. The number of halogens is 3. The topological polar surface area (TPSA) is 64.9 Å². The minimum atomic E-state index is -4.44.